The summed E-state index contributed by atoms with van der Waals surface area (Å²) < 4.78 is 26.6. The number of fused-ring (bicyclic) bond motifs is 1. The Morgan fingerprint density at radius 1 is 0.889 bits per heavy atom. The van der Waals surface area contributed by atoms with Crippen LogP contribution < -0.4 is 10.4 Å². The highest BCUT2D eigenvalue weighted by atomic mass is 32.2. The van der Waals surface area contributed by atoms with Gasteiger partial charge in [-0.05, 0) is 35.0 Å². The number of hydrogen-bond donors (Lipinski definition) is 1. The molecule has 140 valence electrons. The normalized spacial score (nSPS) is 11.5. The molecule has 0 saturated heterocycles. The molecular weight excluding hydrogens is 362 g/mol. The van der Waals surface area contributed by atoms with Gasteiger partial charge in [-0.1, -0.05) is 48.5 Å². The number of hydrazine groups is 1. The third-order valence-electron chi connectivity index (χ3n) is 4.23. The number of likely N-dealkylation sites (N-methyl/N-ethyl adjacent to an activating group) is 1. The van der Waals surface area contributed by atoms with Gasteiger partial charge >= 0.3 is 0 Å². The van der Waals surface area contributed by atoms with Crippen molar-refractivity contribution in [2.45, 2.75) is 4.90 Å². The fraction of sp³-hybridized carbons (Fsp3) is 0.150. The van der Waals surface area contributed by atoms with Gasteiger partial charge in [0, 0.05) is 14.1 Å². The quantitative estimate of drug-likeness (QED) is 0.665. The standard InChI is InChI=1S/C20H21N3O3S/c1-22(15-20(24)21-23(2)18-10-4-3-5-11-18)27(25,26)19-13-12-16-8-6-7-9-17(16)14-19/h3-14H,15H2,1-2H3,(H,21,24). The molecule has 0 aliphatic rings. The molecule has 3 aromatic rings. The Morgan fingerprint density at radius 2 is 1.52 bits per heavy atom. The van der Waals surface area contributed by atoms with E-state index in [9.17, 15) is 13.2 Å². The Morgan fingerprint density at radius 3 is 2.22 bits per heavy atom. The molecule has 0 spiro atoms. The summed E-state index contributed by atoms with van der Waals surface area (Å²) in [7, 11) is -0.677. The van der Waals surface area contributed by atoms with Gasteiger partial charge in [0.15, 0.2) is 0 Å². The number of anilines is 1. The Kier molecular flexibility index (Phi) is 5.43. The largest absolute Gasteiger partial charge is 0.289 e. The zero-order valence-corrected chi connectivity index (χ0v) is 16.0. The first-order chi connectivity index (χ1) is 12.9. The summed E-state index contributed by atoms with van der Waals surface area (Å²) in [6.45, 7) is -0.285. The van der Waals surface area contributed by atoms with E-state index < -0.39 is 15.9 Å². The smallest absolute Gasteiger partial charge is 0.253 e. The maximum absolute atomic E-state index is 12.8. The third-order valence-corrected chi connectivity index (χ3v) is 6.03. The number of hydrogen-bond acceptors (Lipinski definition) is 4. The van der Waals surface area contributed by atoms with E-state index in [-0.39, 0.29) is 11.4 Å². The van der Waals surface area contributed by atoms with Gasteiger partial charge in [-0.3, -0.25) is 15.2 Å². The van der Waals surface area contributed by atoms with E-state index in [0.717, 1.165) is 20.8 Å². The number of amides is 1. The second kappa shape index (κ2) is 7.77. The second-order valence-corrected chi connectivity index (χ2v) is 8.24. The molecule has 0 radical (unpaired) electrons. The summed E-state index contributed by atoms with van der Waals surface area (Å²) in [5, 5.41) is 3.35. The lowest BCUT2D eigenvalue weighted by Crippen LogP contribution is -2.45. The van der Waals surface area contributed by atoms with Crippen LogP contribution in [0.25, 0.3) is 10.8 Å². The average molecular weight is 383 g/mol. The molecule has 0 unspecified atom stereocenters. The van der Waals surface area contributed by atoms with E-state index in [2.05, 4.69) is 5.43 Å². The van der Waals surface area contributed by atoms with Gasteiger partial charge in [0.2, 0.25) is 10.0 Å². The molecular formula is C20H21N3O3S. The van der Waals surface area contributed by atoms with E-state index in [1.165, 1.54) is 7.05 Å². The predicted molar refractivity (Wildman–Crippen MR) is 107 cm³/mol. The van der Waals surface area contributed by atoms with Crippen molar-refractivity contribution in [3.63, 3.8) is 0 Å². The van der Waals surface area contributed by atoms with E-state index >= 15 is 0 Å². The minimum Gasteiger partial charge on any atom is -0.289 e. The molecule has 0 heterocycles. The van der Waals surface area contributed by atoms with Crippen molar-refractivity contribution >= 4 is 32.4 Å². The summed E-state index contributed by atoms with van der Waals surface area (Å²) in [6.07, 6.45) is 0. The van der Waals surface area contributed by atoms with Crippen molar-refractivity contribution in [1.82, 2.24) is 9.73 Å². The fourth-order valence-corrected chi connectivity index (χ4v) is 3.90. The minimum atomic E-state index is -3.77. The van der Waals surface area contributed by atoms with Crippen LogP contribution in [0.2, 0.25) is 0 Å². The Hall–Kier alpha value is -2.90. The summed E-state index contributed by atoms with van der Waals surface area (Å²) in [5.41, 5.74) is 3.47. The first-order valence-electron chi connectivity index (χ1n) is 8.41. The van der Waals surface area contributed by atoms with Gasteiger partial charge in [0.05, 0.1) is 17.1 Å². The molecule has 0 aromatic heterocycles. The van der Waals surface area contributed by atoms with E-state index in [1.807, 2.05) is 54.6 Å². The highest BCUT2D eigenvalue weighted by molar-refractivity contribution is 7.89. The lowest BCUT2D eigenvalue weighted by Gasteiger charge is -2.22. The van der Waals surface area contributed by atoms with Crippen LogP contribution in [-0.4, -0.2) is 39.3 Å². The molecule has 0 aliphatic heterocycles. The summed E-state index contributed by atoms with van der Waals surface area (Å²) in [4.78, 5) is 12.4. The van der Waals surface area contributed by atoms with Crippen LogP contribution in [0.1, 0.15) is 0 Å². The van der Waals surface area contributed by atoms with Crippen LogP contribution in [0, 0.1) is 0 Å². The molecule has 1 N–H and O–H groups in total. The van der Waals surface area contributed by atoms with Gasteiger partial charge in [0.1, 0.15) is 0 Å². The molecule has 0 bridgehead atoms. The fourth-order valence-electron chi connectivity index (χ4n) is 2.73. The molecule has 3 rings (SSSR count). The van der Waals surface area contributed by atoms with Gasteiger partial charge in [-0.15, -0.1) is 0 Å². The number of rotatable bonds is 6. The van der Waals surface area contributed by atoms with Crippen LogP contribution in [0.3, 0.4) is 0 Å². The summed E-state index contributed by atoms with van der Waals surface area (Å²) in [6, 6.07) is 21.7. The van der Waals surface area contributed by atoms with E-state index in [1.54, 1.807) is 30.3 Å². The number of benzene rings is 3. The van der Waals surface area contributed by atoms with Gasteiger partial charge in [-0.2, -0.15) is 4.31 Å². The molecule has 27 heavy (non-hydrogen) atoms. The molecule has 0 saturated carbocycles. The number of carbonyl (C=O) groups excluding carboxylic acids is 1. The van der Waals surface area contributed by atoms with Gasteiger partial charge in [-0.25, -0.2) is 8.42 Å². The zero-order valence-electron chi connectivity index (χ0n) is 15.2. The molecule has 0 aliphatic carbocycles. The van der Waals surface area contributed by atoms with Crippen LogP contribution in [0.15, 0.2) is 77.7 Å². The Balaban J connectivity index is 1.71. The van der Waals surface area contributed by atoms with Crippen LogP contribution >= 0.6 is 0 Å². The van der Waals surface area contributed by atoms with Gasteiger partial charge in [0.25, 0.3) is 5.91 Å². The van der Waals surface area contributed by atoms with Crippen molar-refractivity contribution in [2.24, 2.45) is 0 Å². The number of carbonyl (C=O) groups is 1. The third kappa shape index (κ3) is 4.27. The topological polar surface area (TPSA) is 69.7 Å². The molecule has 3 aromatic carbocycles. The number of para-hydroxylation sites is 1. The second-order valence-electron chi connectivity index (χ2n) is 6.20. The lowest BCUT2D eigenvalue weighted by molar-refractivity contribution is -0.121. The molecule has 0 atom stereocenters. The monoisotopic (exact) mass is 383 g/mol. The maximum atomic E-state index is 12.8. The molecule has 1 amide bonds. The van der Waals surface area contributed by atoms with Crippen LogP contribution in [0.4, 0.5) is 5.69 Å². The highest BCUT2D eigenvalue weighted by Gasteiger charge is 2.23. The lowest BCUT2D eigenvalue weighted by atomic mass is 10.1. The molecule has 0 fully saturated rings. The minimum absolute atomic E-state index is 0.160. The summed E-state index contributed by atoms with van der Waals surface area (Å²) >= 11 is 0. The first-order valence-corrected chi connectivity index (χ1v) is 9.85. The van der Waals surface area contributed by atoms with Crippen molar-refractivity contribution in [1.29, 1.82) is 0 Å². The predicted octanol–water partition coefficient (Wildman–Crippen LogP) is 2.63. The van der Waals surface area contributed by atoms with E-state index in [0.29, 0.717) is 0 Å². The number of nitrogens with one attached hydrogen (secondary N) is 1. The highest BCUT2D eigenvalue weighted by Crippen LogP contribution is 2.21. The number of nitrogens with zero attached hydrogens (tertiary/aromatic N) is 2. The summed E-state index contributed by atoms with van der Waals surface area (Å²) in [5.74, 6) is -0.423. The molecule has 6 nitrogen and oxygen atoms in total. The van der Waals surface area contributed by atoms with Crippen LogP contribution in [0.5, 0.6) is 0 Å². The molecule has 7 heteroatoms. The Bertz CT molecular complexity index is 1050. The zero-order chi connectivity index (χ0) is 19.4. The van der Waals surface area contributed by atoms with E-state index in [4.69, 9.17) is 0 Å². The SMILES string of the molecule is CN(NC(=O)CN(C)S(=O)(=O)c1ccc2ccccc2c1)c1ccccc1. The van der Waals surface area contributed by atoms with Crippen LogP contribution in [-0.2, 0) is 14.8 Å². The maximum Gasteiger partial charge on any atom is 0.253 e. The van der Waals surface area contributed by atoms with Crippen molar-refractivity contribution in [3.8, 4) is 0 Å². The number of sulfonamides is 1. The van der Waals surface area contributed by atoms with Gasteiger partial charge < -0.3 is 0 Å². The average Bonchev–Trinajstić information content (AvgIpc) is 2.68. The van der Waals surface area contributed by atoms with Crippen molar-refractivity contribution < 1.29 is 13.2 Å². The van der Waals surface area contributed by atoms with Crippen molar-refractivity contribution in [3.05, 3.63) is 72.8 Å². The first kappa shape index (κ1) is 18.9. The van der Waals surface area contributed by atoms with Crippen molar-refractivity contribution in [2.75, 3.05) is 25.6 Å². The Labute approximate surface area is 159 Å².